The summed E-state index contributed by atoms with van der Waals surface area (Å²) in [6.45, 7) is 9.61. The Bertz CT molecular complexity index is 606. The summed E-state index contributed by atoms with van der Waals surface area (Å²) < 4.78 is 27.2. The molecule has 6 heteroatoms. The normalized spacial score (nSPS) is 18.0. The van der Waals surface area contributed by atoms with Crippen LogP contribution in [0.4, 0.5) is 5.69 Å². The van der Waals surface area contributed by atoms with E-state index in [1.807, 2.05) is 19.9 Å². The Balaban J connectivity index is 2.24. The third-order valence-electron chi connectivity index (χ3n) is 4.13. The average Bonchev–Trinajstić information content (AvgIpc) is 2.43. The van der Waals surface area contributed by atoms with Gasteiger partial charge in [0.15, 0.2) is 0 Å². The number of piperazine rings is 1. The topological polar surface area (TPSA) is 66.6 Å². The van der Waals surface area contributed by atoms with E-state index in [0.29, 0.717) is 23.7 Å². The second-order valence-corrected chi connectivity index (χ2v) is 7.61. The van der Waals surface area contributed by atoms with Gasteiger partial charge >= 0.3 is 0 Å². The van der Waals surface area contributed by atoms with Crippen LogP contribution >= 0.6 is 0 Å². The summed E-state index contributed by atoms with van der Waals surface area (Å²) in [6.07, 6.45) is 1.10. The van der Waals surface area contributed by atoms with Gasteiger partial charge in [0.25, 0.3) is 0 Å². The molecule has 21 heavy (non-hydrogen) atoms. The lowest BCUT2D eigenvalue weighted by atomic mass is 10.1. The number of nitrogens with zero attached hydrogens (tertiary/aromatic N) is 2. The number of aryl methyl sites for hydroxylation is 1. The molecule has 1 aromatic rings. The molecule has 0 aromatic heterocycles. The number of nitrogen functional groups attached to an aromatic ring is 1. The van der Waals surface area contributed by atoms with E-state index in [1.54, 1.807) is 10.4 Å². The van der Waals surface area contributed by atoms with Crippen molar-refractivity contribution < 1.29 is 8.42 Å². The van der Waals surface area contributed by atoms with Crippen LogP contribution < -0.4 is 5.73 Å². The van der Waals surface area contributed by atoms with Crippen LogP contribution in [-0.4, -0.2) is 50.3 Å². The predicted octanol–water partition coefficient (Wildman–Crippen LogP) is 1.60. The minimum Gasteiger partial charge on any atom is -0.399 e. The standard InChI is InChI=1S/C15H25N3O2S/c1-4-5-17-6-8-18(9-7-17)21(19,20)15-11-14(16)10-12(2)13(15)3/h10-11H,4-9,16H2,1-3H3. The molecule has 1 fully saturated rings. The Morgan fingerprint density at radius 2 is 1.76 bits per heavy atom. The maximum atomic E-state index is 12.8. The summed E-state index contributed by atoms with van der Waals surface area (Å²) in [5.74, 6) is 0. The van der Waals surface area contributed by atoms with Gasteiger partial charge < -0.3 is 10.6 Å². The zero-order valence-corrected chi connectivity index (χ0v) is 13.9. The van der Waals surface area contributed by atoms with Crippen molar-refractivity contribution in [2.24, 2.45) is 0 Å². The first-order valence-corrected chi connectivity index (χ1v) is 8.89. The maximum Gasteiger partial charge on any atom is 0.243 e. The van der Waals surface area contributed by atoms with Gasteiger partial charge in [-0.15, -0.1) is 0 Å². The van der Waals surface area contributed by atoms with Crippen molar-refractivity contribution in [2.75, 3.05) is 38.5 Å². The van der Waals surface area contributed by atoms with E-state index < -0.39 is 10.0 Å². The van der Waals surface area contributed by atoms with E-state index in [1.165, 1.54) is 0 Å². The molecule has 2 rings (SSSR count). The van der Waals surface area contributed by atoms with Crippen LogP contribution in [0, 0.1) is 13.8 Å². The number of nitrogens with two attached hydrogens (primary N) is 1. The van der Waals surface area contributed by atoms with Crippen LogP contribution in [0.3, 0.4) is 0 Å². The molecular formula is C15H25N3O2S. The molecule has 0 radical (unpaired) electrons. The highest BCUT2D eigenvalue weighted by molar-refractivity contribution is 7.89. The van der Waals surface area contributed by atoms with Gasteiger partial charge in [-0.1, -0.05) is 6.92 Å². The molecule has 1 saturated heterocycles. The van der Waals surface area contributed by atoms with Crippen molar-refractivity contribution in [1.82, 2.24) is 9.21 Å². The Morgan fingerprint density at radius 3 is 2.33 bits per heavy atom. The molecule has 1 aliphatic heterocycles. The number of rotatable bonds is 4. The number of sulfonamides is 1. The summed E-state index contributed by atoms with van der Waals surface area (Å²) in [5, 5.41) is 0. The van der Waals surface area contributed by atoms with Crippen molar-refractivity contribution in [1.29, 1.82) is 0 Å². The van der Waals surface area contributed by atoms with Gasteiger partial charge in [0, 0.05) is 31.9 Å². The summed E-state index contributed by atoms with van der Waals surface area (Å²) >= 11 is 0. The lowest BCUT2D eigenvalue weighted by Gasteiger charge is -2.34. The first kappa shape index (κ1) is 16.3. The lowest BCUT2D eigenvalue weighted by Crippen LogP contribution is -2.48. The molecule has 118 valence electrons. The van der Waals surface area contributed by atoms with Crippen molar-refractivity contribution in [3.63, 3.8) is 0 Å². The minimum absolute atomic E-state index is 0.351. The third-order valence-corrected chi connectivity index (χ3v) is 6.16. The van der Waals surface area contributed by atoms with Crippen molar-refractivity contribution in [2.45, 2.75) is 32.1 Å². The number of hydrogen-bond acceptors (Lipinski definition) is 4. The van der Waals surface area contributed by atoms with Crippen LogP contribution in [0.5, 0.6) is 0 Å². The maximum absolute atomic E-state index is 12.8. The predicted molar refractivity (Wildman–Crippen MR) is 85.8 cm³/mol. The van der Waals surface area contributed by atoms with Crippen molar-refractivity contribution in [3.8, 4) is 0 Å². The summed E-state index contributed by atoms with van der Waals surface area (Å²) in [5.41, 5.74) is 8.03. The lowest BCUT2D eigenvalue weighted by molar-refractivity contribution is 0.188. The van der Waals surface area contributed by atoms with Crippen LogP contribution in [0.2, 0.25) is 0 Å². The Morgan fingerprint density at radius 1 is 1.14 bits per heavy atom. The van der Waals surface area contributed by atoms with Crippen LogP contribution in [-0.2, 0) is 10.0 Å². The van der Waals surface area contributed by atoms with Crippen LogP contribution in [0.25, 0.3) is 0 Å². The molecule has 0 unspecified atom stereocenters. The largest absolute Gasteiger partial charge is 0.399 e. The van der Waals surface area contributed by atoms with E-state index in [-0.39, 0.29) is 0 Å². The Hall–Kier alpha value is -1.11. The fraction of sp³-hybridized carbons (Fsp3) is 0.600. The SMILES string of the molecule is CCCN1CCN(S(=O)(=O)c2cc(N)cc(C)c2C)CC1. The molecule has 0 atom stereocenters. The van der Waals surface area contributed by atoms with Crippen LogP contribution in [0.1, 0.15) is 24.5 Å². The fourth-order valence-corrected chi connectivity index (χ4v) is 4.53. The average molecular weight is 311 g/mol. The molecule has 0 amide bonds. The van der Waals surface area contributed by atoms with E-state index in [2.05, 4.69) is 11.8 Å². The van der Waals surface area contributed by atoms with Crippen LogP contribution in [0.15, 0.2) is 17.0 Å². The van der Waals surface area contributed by atoms with E-state index in [9.17, 15) is 8.42 Å². The number of anilines is 1. The van der Waals surface area contributed by atoms with Gasteiger partial charge in [-0.05, 0) is 50.1 Å². The molecule has 0 spiro atoms. The van der Waals surface area contributed by atoms with Crippen molar-refractivity contribution in [3.05, 3.63) is 23.3 Å². The molecule has 0 bridgehead atoms. The van der Waals surface area contributed by atoms with E-state index in [4.69, 9.17) is 5.73 Å². The van der Waals surface area contributed by atoms with E-state index >= 15 is 0 Å². The summed E-state index contributed by atoms with van der Waals surface area (Å²) in [7, 11) is -3.45. The molecule has 5 nitrogen and oxygen atoms in total. The van der Waals surface area contributed by atoms with Crippen molar-refractivity contribution >= 4 is 15.7 Å². The first-order chi connectivity index (χ1) is 9.86. The smallest absolute Gasteiger partial charge is 0.243 e. The minimum atomic E-state index is -3.45. The quantitative estimate of drug-likeness (QED) is 0.858. The molecule has 1 heterocycles. The fourth-order valence-electron chi connectivity index (χ4n) is 2.77. The number of benzene rings is 1. The van der Waals surface area contributed by atoms with Gasteiger partial charge in [-0.25, -0.2) is 8.42 Å². The molecule has 0 aliphatic carbocycles. The van der Waals surface area contributed by atoms with Gasteiger partial charge in [0.1, 0.15) is 0 Å². The van der Waals surface area contributed by atoms with Gasteiger partial charge in [-0.3, -0.25) is 0 Å². The third kappa shape index (κ3) is 3.39. The van der Waals surface area contributed by atoms with Gasteiger partial charge in [0.05, 0.1) is 4.90 Å². The number of hydrogen-bond donors (Lipinski definition) is 1. The van der Waals surface area contributed by atoms with Gasteiger partial charge in [0.2, 0.25) is 10.0 Å². The highest BCUT2D eigenvalue weighted by atomic mass is 32.2. The molecule has 2 N–H and O–H groups in total. The Labute approximate surface area is 127 Å². The Kier molecular flexibility index (Phi) is 4.91. The zero-order chi connectivity index (χ0) is 15.6. The first-order valence-electron chi connectivity index (χ1n) is 7.45. The molecule has 1 aliphatic rings. The zero-order valence-electron chi connectivity index (χ0n) is 13.1. The monoisotopic (exact) mass is 311 g/mol. The second kappa shape index (κ2) is 6.34. The second-order valence-electron chi connectivity index (χ2n) is 5.71. The highest BCUT2D eigenvalue weighted by Gasteiger charge is 2.29. The molecular weight excluding hydrogens is 286 g/mol. The molecule has 1 aromatic carbocycles. The summed E-state index contributed by atoms with van der Waals surface area (Å²) in [6, 6.07) is 3.39. The van der Waals surface area contributed by atoms with E-state index in [0.717, 1.165) is 37.2 Å². The summed E-state index contributed by atoms with van der Waals surface area (Å²) in [4.78, 5) is 2.66. The van der Waals surface area contributed by atoms with Gasteiger partial charge in [-0.2, -0.15) is 4.31 Å². The highest BCUT2D eigenvalue weighted by Crippen LogP contribution is 2.26. The molecule has 0 saturated carbocycles.